The van der Waals surface area contributed by atoms with Gasteiger partial charge in [-0.15, -0.1) is 0 Å². The van der Waals surface area contributed by atoms with E-state index in [2.05, 4.69) is 40.8 Å². The number of anilines is 1. The Morgan fingerprint density at radius 2 is 1.24 bits per heavy atom. The van der Waals surface area contributed by atoms with Gasteiger partial charge in [0.1, 0.15) is 16.8 Å². The number of carbonyl (C=O) groups excluding carboxylic acids is 4. The maximum absolute atomic E-state index is 13.7. The minimum atomic E-state index is -0.685. The molecule has 1 heterocycles. The van der Waals surface area contributed by atoms with Crippen molar-refractivity contribution in [3.05, 3.63) is 29.8 Å². The normalized spacial score (nSPS) is 31.1. The van der Waals surface area contributed by atoms with Gasteiger partial charge in [-0.1, -0.05) is 32.9 Å². The quantitative estimate of drug-likeness (QED) is 0.121. The topological polar surface area (TPSA) is 161 Å². The van der Waals surface area contributed by atoms with Crippen molar-refractivity contribution in [1.82, 2.24) is 19.6 Å². The monoisotopic (exact) mass is 994 g/mol. The summed E-state index contributed by atoms with van der Waals surface area (Å²) in [6.45, 7) is 28.4. The van der Waals surface area contributed by atoms with E-state index in [-0.39, 0.29) is 60.0 Å². The van der Waals surface area contributed by atoms with Gasteiger partial charge >= 0.3 is 18.0 Å². The summed E-state index contributed by atoms with van der Waals surface area (Å²) >= 11 is 0. The van der Waals surface area contributed by atoms with E-state index in [1.807, 2.05) is 86.6 Å². The summed E-state index contributed by atoms with van der Waals surface area (Å²) in [5, 5.41) is 25.4. The van der Waals surface area contributed by atoms with Crippen LogP contribution in [0.4, 0.5) is 10.5 Å². The Kier molecular flexibility index (Phi) is 18.5. The Morgan fingerprint density at radius 1 is 0.718 bits per heavy atom. The molecule has 11 atom stereocenters. The van der Waals surface area contributed by atoms with Crippen molar-refractivity contribution in [2.45, 2.75) is 189 Å². The molecule has 2 amide bonds. The van der Waals surface area contributed by atoms with Crippen LogP contribution >= 0.6 is 0 Å². The van der Waals surface area contributed by atoms with Crippen LogP contribution < -0.4 is 5.32 Å². The van der Waals surface area contributed by atoms with Gasteiger partial charge in [0.05, 0.1) is 31.3 Å². The van der Waals surface area contributed by atoms with Crippen LogP contribution in [0.3, 0.4) is 0 Å². The Bertz CT molecular complexity index is 1920. The van der Waals surface area contributed by atoms with E-state index in [0.717, 1.165) is 62.6 Å². The number of carbonyl (C=O) groups is 4. The van der Waals surface area contributed by atoms with Gasteiger partial charge in [-0.25, -0.2) is 4.79 Å². The summed E-state index contributed by atoms with van der Waals surface area (Å²) in [5.74, 6) is 2.08. The van der Waals surface area contributed by atoms with Gasteiger partial charge < -0.3 is 34.6 Å². The van der Waals surface area contributed by atoms with Crippen LogP contribution in [0, 0.1) is 46.3 Å². The molecule has 0 spiro atoms. The molecule has 0 radical (unpaired) electrons. The van der Waals surface area contributed by atoms with E-state index in [4.69, 9.17) is 14.2 Å². The molecule has 4 saturated carbocycles. The van der Waals surface area contributed by atoms with Crippen molar-refractivity contribution >= 4 is 29.6 Å². The molecule has 3 N–H and O–H groups in total. The van der Waals surface area contributed by atoms with E-state index >= 15 is 0 Å². The molecular formula is C57H95N5O9. The maximum atomic E-state index is 13.7. The Hall–Kier alpha value is -3.30. The molecule has 1 aromatic rings. The van der Waals surface area contributed by atoms with Crippen molar-refractivity contribution in [1.29, 1.82) is 0 Å². The van der Waals surface area contributed by atoms with Gasteiger partial charge in [-0.05, 0) is 191 Å². The predicted octanol–water partition coefficient (Wildman–Crippen LogP) is 8.41. The van der Waals surface area contributed by atoms with E-state index in [1.165, 1.54) is 6.42 Å². The zero-order chi connectivity index (χ0) is 52.3. The molecule has 402 valence electrons. The van der Waals surface area contributed by atoms with Crippen molar-refractivity contribution in [2.24, 2.45) is 46.3 Å². The van der Waals surface area contributed by atoms with Crippen LogP contribution in [0.25, 0.3) is 0 Å². The highest BCUT2D eigenvalue weighted by atomic mass is 16.6. The summed E-state index contributed by atoms with van der Waals surface area (Å²) in [5.41, 5.74) is 0.204. The van der Waals surface area contributed by atoms with Crippen molar-refractivity contribution in [3.8, 4) is 0 Å². The van der Waals surface area contributed by atoms with Crippen LogP contribution in [-0.4, -0.2) is 155 Å². The highest BCUT2D eigenvalue weighted by Gasteiger charge is 2.63. The van der Waals surface area contributed by atoms with Gasteiger partial charge in [0.25, 0.3) is 0 Å². The summed E-state index contributed by atoms with van der Waals surface area (Å²) in [4.78, 5) is 61.5. The lowest BCUT2D eigenvalue weighted by Gasteiger charge is -2.62. The number of benzene rings is 1. The zero-order valence-corrected chi connectivity index (χ0v) is 46.2. The Balaban J connectivity index is 1.08. The van der Waals surface area contributed by atoms with Crippen LogP contribution in [0.1, 0.15) is 153 Å². The first-order chi connectivity index (χ1) is 33.0. The number of aliphatic hydroxyl groups excluding tert-OH is 2. The number of nitrogens with zero attached hydrogens (tertiary/aromatic N) is 4. The van der Waals surface area contributed by atoms with Crippen molar-refractivity contribution < 1.29 is 43.6 Å². The van der Waals surface area contributed by atoms with E-state index in [9.17, 15) is 29.4 Å². The standard InChI is InChI=1S/C57H95N5O9/c1-38(44-19-20-45-51-46(23-25-57(44,45)12)56(11)24-22-43(63)33-40(56)34-47(51)64)14-21-48(65)58-41-17-15-39(16-18-41)32-42(59(13)52(68)71-55(8,9)10)35-60-26-28-61(36-49(66)69-53(2,3)4)30-31-62(29-27-60)37-50(67)70-54(5,6)7/h15-18,38,40,42-47,51,63-64H,14,19-37H2,1-13H3,(H,58,65). The fourth-order valence-corrected chi connectivity index (χ4v) is 13.9. The number of hydrogen-bond acceptors (Lipinski definition) is 12. The molecule has 4 aliphatic carbocycles. The molecule has 1 aliphatic heterocycles. The smallest absolute Gasteiger partial charge is 0.410 e. The third-order valence-electron chi connectivity index (χ3n) is 17.4. The summed E-state index contributed by atoms with van der Waals surface area (Å²) in [7, 11) is 1.78. The largest absolute Gasteiger partial charge is 0.459 e. The van der Waals surface area contributed by atoms with Crippen LogP contribution in [0.2, 0.25) is 0 Å². The van der Waals surface area contributed by atoms with Crippen LogP contribution in [0.5, 0.6) is 0 Å². The lowest BCUT2D eigenvalue weighted by Crippen LogP contribution is -2.58. The van der Waals surface area contributed by atoms with Gasteiger partial charge in [-0.2, -0.15) is 0 Å². The molecular weight excluding hydrogens is 899 g/mol. The van der Waals surface area contributed by atoms with E-state index in [0.29, 0.717) is 94.2 Å². The molecule has 0 bridgehead atoms. The first-order valence-corrected chi connectivity index (χ1v) is 27.3. The lowest BCUT2D eigenvalue weighted by molar-refractivity contribution is -0.174. The predicted molar refractivity (Wildman–Crippen MR) is 279 cm³/mol. The van der Waals surface area contributed by atoms with E-state index in [1.54, 1.807) is 11.9 Å². The first-order valence-electron chi connectivity index (χ1n) is 27.3. The summed E-state index contributed by atoms with van der Waals surface area (Å²) < 4.78 is 17.3. The fraction of sp³-hybridized carbons (Fsp3) is 0.825. The minimum absolute atomic E-state index is 0.00567. The molecule has 14 heteroatoms. The lowest BCUT2D eigenvalue weighted by atomic mass is 9.43. The second-order valence-electron chi connectivity index (χ2n) is 26.2. The SMILES string of the molecule is CC(CCC(=O)Nc1ccc(CC(CN2CCN(CC(=O)OC(C)(C)C)CCN(CC(=O)OC(C)(C)C)CC2)N(C)C(=O)OC(C)(C)C)cc1)C1CCC2C3C(O)CC4CC(O)CCC4(C)C3CCC12C. The molecule has 6 rings (SSSR count). The average molecular weight is 994 g/mol. The third kappa shape index (κ3) is 15.4. The molecule has 0 aromatic heterocycles. The number of rotatable bonds is 14. The highest BCUT2D eigenvalue weighted by Crippen LogP contribution is 2.68. The fourth-order valence-electron chi connectivity index (χ4n) is 13.9. The second kappa shape index (κ2) is 23.1. The number of esters is 2. The molecule has 5 aliphatic rings. The number of ether oxygens (including phenoxy) is 3. The van der Waals surface area contributed by atoms with Gasteiger partial charge in [0, 0.05) is 65.0 Å². The highest BCUT2D eigenvalue weighted by molar-refractivity contribution is 5.90. The summed E-state index contributed by atoms with van der Waals surface area (Å²) in [6, 6.07) is 7.63. The molecule has 71 heavy (non-hydrogen) atoms. The number of fused-ring (bicyclic) bond motifs is 5. The second-order valence-corrected chi connectivity index (χ2v) is 26.2. The number of likely N-dealkylation sites (N-methyl/N-ethyl adjacent to an activating group) is 1. The Morgan fingerprint density at radius 3 is 1.79 bits per heavy atom. The number of aliphatic hydroxyl groups is 2. The molecule has 11 unspecified atom stereocenters. The molecule has 14 nitrogen and oxygen atoms in total. The van der Waals surface area contributed by atoms with Gasteiger partial charge in [0.15, 0.2) is 0 Å². The summed E-state index contributed by atoms with van der Waals surface area (Å²) in [6.07, 6.45) is 9.10. The third-order valence-corrected chi connectivity index (χ3v) is 17.4. The zero-order valence-electron chi connectivity index (χ0n) is 46.2. The van der Waals surface area contributed by atoms with Crippen LogP contribution in [0.15, 0.2) is 24.3 Å². The number of hydrogen-bond donors (Lipinski definition) is 3. The van der Waals surface area contributed by atoms with Crippen LogP contribution in [-0.2, 0) is 35.0 Å². The average Bonchev–Trinajstić information content (AvgIpc) is 3.64. The van der Waals surface area contributed by atoms with Crippen molar-refractivity contribution in [3.63, 3.8) is 0 Å². The minimum Gasteiger partial charge on any atom is -0.459 e. The Labute approximate surface area is 427 Å². The first kappa shape index (κ1) is 57.0. The van der Waals surface area contributed by atoms with E-state index < -0.39 is 22.9 Å². The number of amides is 2. The molecule has 1 aromatic carbocycles. The van der Waals surface area contributed by atoms with Gasteiger partial charge in [0.2, 0.25) is 5.91 Å². The molecule has 1 saturated heterocycles. The van der Waals surface area contributed by atoms with Gasteiger partial charge in [-0.3, -0.25) is 29.1 Å². The number of nitrogens with one attached hydrogen (secondary N) is 1. The maximum Gasteiger partial charge on any atom is 0.410 e. The molecule has 5 fully saturated rings. The van der Waals surface area contributed by atoms with Crippen molar-refractivity contribution in [2.75, 3.05) is 71.3 Å².